The maximum atomic E-state index is 12.9. The first kappa shape index (κ1) is 10.7. The number of rotatable bonds is 2. The predicted molar refractivity (Wildman–Crippen MR) is 58.0 cm³/mol. The van der Waals surface area contributed by atoms with Gasteiger partial charge in [-0.05, 0) is 16.3 Å². The fraction of sp³-hybridized carbons (Fsp3) is 0.0769. The first-order valence-corrected chi connectivity index (χ1v) is 4.85. The van der Waals surface area contributed by atoms with Crippen molar-refractivity contribution in [3.63, 3.8) is 0 Å². The Balaban J connectivity index is 2.49. The molecule has 0 aliphatic carbocycles. The number of hydrogen-bond acceptors (Lipinski definition) is 0. The van der Waals surface area contributed by atoms with Crippen LogP contribution in [0.2, 0.25) is 0 Å². The van der Waals surface area contributed by atoms with Crippen LogP contribution < -0.4 is 0 Å². The molecule has 2 rings (SSSR count). The highest BCUT2D eigenvalue weighted by Gasteiger charge is 2.08. The highest BCUT2D eigenvalue weighted by atomic mass is 19.3. The van der Waals surface area contributed by atoms with Gasteiger partial charge in [0.25, 0.3) is 0 Å². The molecule has 0 aliphatic heterocycles. The van der Waals surface area contributed by atoms with E-state index in [1.54, 1.807) is 24.3 Å². The van der Waals surface area contributed by atoms with Gasteiger partial charge in [0, 0.05) is 6.42 Å². The van der Waals surface area contributed by atoms with Crippen LogP contribution in [0.5, 0.6) is 0 Å². The summed E-state index contributed by atoms with van der Waals surface area (Å²) in [5.74, 6) is -1.36. The molecular weight excluding hydrogens is 213 g/mol. The first-order chi connectivity index (χ1) is 7.68. The Kier molecular flexibility index (Phi) is 2.95. The molecule has 0 saturated carbocycles. The zero-order valence-corrected chi connectivity index (χ0v) is 8.38. The summed E-state index contributed by atoms with van der Waals surface area (Å²) in [6.45, 7) is 0. The zero-order chi connectivity index (χ0) is 11.5. The molecule has 0 N–H and O–H groups in total. The van der Waals surface area contributed by atoms with E-state index in [9.17, 15) is 13.2 Å². The number of benzene rings is 2. The van der Waals surface area contributed by atoms with Crippen LogP contribution in [-0.2, 0) is 6.42 Å². The monoisotopic (exact) mass is 222 g/mol. The predicted octanol–water partition coefficient (Wildman–Crippen LogP) is 4.46. The molecule has 0 nitrogen and oxygen atoms in total. The van der Waals surface area contributed by atoms with Gasteiger partial charge in [-0.25, -0.2) is 4.39 Å². The molecular formula is C13H9F3. The SMILES string of the molecule is FC(F)=C(F)Cc1cccc2ccccc12. The van der Waals surface area contributed by atoms with Crippen molar-refractivity contribution < 1.29 is 13.2 Å². The van der Waals surface area contributed by atoms with Gasteiger partial charge in [-0.1, -0.05) is 42.5 Å². The second kappa shape index (κ2) is 4.39. The lowest BCUT2D eigenvalue weighted by atomic mass is 10.0. The lowest BCUT2D eigenvalue weighted by Gasteiger charge is -2.04. The van der Waals surface area contributed by atoms with Crippen molar-refractivity contribution in [2.45, 2.75) is 6.42 Å². The third-order valence-electron chi connectivity index (χ3n) is 2.43. The topological polar surface area (TPSA) is 0 Å². The van der Waals surface area contributed by atoms with E-state index in [-0.39, 0.29) is 6.42 Å². The van der Waals surface area contributed by atoms with E-state index in [2.05, 4.69) is 0 Å². The van der Waals surface area contributed by atoms with Crippen LogP contribution in [0.4, 0.5) is 13.2 Å². The summed E-state index contributed by atoms with van der Waals surface area (Å²) in [5, 5.41) is 1.73. The lowest BCUT2D eigenvalue weighted by molar-refractivity contribution is 0.374. The average Bonchev–Trinajstić information content (AvgIpc) is 2.29. The Morgan fingerprint density at radius 1 is 0.875 bits per heavy atom. The molecule has 0 heterocycles. The van der Waals surface area contributed by atoms with Crippen LogP contribution in [0.15, 0.2) is 54.4 Å². The van der Waals surface area contributed by atoms with Crippen LogP contribution in [0.3, 0.4) is 0 Å². The van der Waals surface area contributed by atoms with E-state index in [0.717, 1.165) is 10.8 Å². The Labute approximate surface area is 91.0 Å². The van der Waals surface area contributed by atoms with Crippen molar-refractivity contribution in [1.82, 2.24) is 0 Å². The minimum Gasteiger partial charge on any atom is -0.206 e. The summed E-state index contributed by atoms with van der Waals surface area (Å²) in [4.78, 5) is 0. The molecule has 3 heteroatoms. The van der Waals surface area contributed by atoms with Gasteiger partial charge in [-0.15, -0.1) is 0 Å². The largest absolute Gasteiger partial charge is 0.301 e. The molecule has 16 heavy (non-hydrogen) atoms. The summed E-state index contributed by atoms with van der Waals surface area (Å²) < 4.78 is 36.9. The van der Waals surface area contributed by atoms with Crippen LogP contribution in [0.1, 0.15) is 5.56 Å². The van der Waals surface area contributed by atoms with Crippen molar-refractivity contribution in [3.8, 4) is 0 Å². The van der Waals surface area contributed by atoms with Crippen molar-refractivity contribution in [2.75, 3.05) is 0 Å². The maximum Gasteiger partial charge on any atom is 0.301 e. The van der Waals surface area contributed by atoms with E-state index >= 15 is 0 Å². The number of halogens is 3. The molecule has 2 aromatic rings. The smallest absolute Gasteiger partial charge is 0.206 e. The Morgan fingerprint density at radius 3 is 2.31 bits per heavy atom. The fourth-order valence-corrected chi connectivity index (χ4v) is 1.68. The summed E-state index contributed by atoms with van der Waals surface area (Å²) in [6, 6.07) is 12.6. The van der Waals surface area contributed by atoms with E-state index in [1.807, 2.05) is 18.2 Å². The summed E-state index contributed by atoms with van der Waals surface area (Å²) in [6.07, 6.45) is -2.60. The number of allylic oxidation sites excluding steroid dienone is 1. The molecule has 0 radical (unpaired) electrons. The van der Waals surface area contributed by atoms with Gasteiger partial charge in [-0.2, -0.15) is 8.78 Å². The molecule has 0 atom stereocenters. The first-order valence-electron chi connectivity index (χ1n) is 4.85. The third kappa shape index (κ3) is 2.08. The van der Waals surface area contributed by atoms with Crippen LogP contribution in [-0.4, -0.2) is 0 Å². The average molecular weight is 222 g/mol. The lowest BCUT2D eigenvalue weighted by Crippen LogP contribution is -1.88. The van der Waals surface area contributed by atoms with Gasteiger partial charge in [0.1, 0.15) is 0 Å². The summed E-state index contributed by atoms with van der Waals surface area (Å²) >= 11 is 0. The molecule has 2 aromatic carbocycles. The van der Waals surface area contributed by atoms with Crippen LogP contribution in [0.25, 0.3) is 10.8 Å². The van der Waals surface area contributed by atoms with Crippen LogP contribution >= 0.6 is 0 Å². The molecule has 0 bridgehead atoms. The standard InChI is InChI=1S/C13H9F3/c14-12(13(15)16)8-10-6-3-5-9-4-1-2-7-11(9)10/h1-7H,8H2. The van der Waals surface area contributed by atoms with E-state index in [1.165, 1.54) is 0 Å². The highest BCUT2D eigenvalue weighted by molar-refractivity contribution is 5.85. The molecule has 0 aromatic heterocycles. The maximum absolute atomic E-state index is 12.9. The molecule has 0 amide bonds. The van der Waals surface area contributed by atoms with Gasteiger partial charge < -0.3 is 0 Å². The van der Waals surface area contributed by atoms with Crippen molar-refractivity contribution in [2.24, 2.45) is 0 Å². The minimum atomic E-state index is -2.24. The molecule has 0 spiro atoms. The van der Waals surface area contributed by atoms with Gasteiger partial charge in [-0.3, -0.25) is 0 Å². The summed E-state index contributed by atoms with van der Waals surface area (Å²) in [5.41, 5.74) is 0.573. The van der Waals surface area contributed by atoms with Gasteiger partial charge >= 0.3 is 6.08 Å². The van der Waals surface area contributed by atoms with Crippen molar-refractivity contribution in [3.05, 3.63) is 59.9 Å². The van der Waals surface area contributed by atoms with Crippen molar-refractivity contribution in [1.29, 1.82) is 0 Å². The van der Waals surface area contributed by atoms with Gasteiger partial charge in [0.15, 0.2) is 5.83 Å². The molecule has 0 aliphatic rings. The number of fused-ring (bicyclic) bond motifs is 1. The normalized spacial score (nSPS) is 10.4. The second-order valence-corrected chi connectivity index (χ2v) is 3.48. The quantitative estimate of drug-likeness (QED) is 0.703. The fourth-order valence-electron chi connectivity index (χ4n) is 1.68. The number of hydrogen-bond donors (Lipinski definition) is 0. The van der Waals surface area contributed by atoms with Gasteiger partial charge in [0.05, 0.1) is 0 Å². The third-order valence-corrected chi connectivity index (χ3v) is 2.43. The summed E-state index contributed by atoms with van der Waals surface area (Å²) in [7, 11) is 0. The van der Waals surface area contributed by atoms with E-state index < -0.39 is 11.9 Å². The van der Waals surface area contributed by atoms with E-state index in [0.29, 0.717) is 5.56 Å². The minimum absolute atomic E-state index is 0.357. The molecule has 0 fully saturated rings. The molecule has 0 unspecified atom stereocenters. The van der Waals surface area contributed by atoms with E-state index in [4.69, 9.17) is 0 Å². The van der Waals surface area contributed by atoms with Crippen molar-refractivity contribution >= 4 is 10.8 Å². The molecule has 82 valence electrons. The highest BCUT2D eigenvalue weighted by Crippen LogP contribution is 2.23. The second-order valence-electron chi connectivity index (χ2n) is 3.48. The Morgan fingerprint density at radius 2 is 1.56 bits per heavy atom. The Hall–Kier alpha value is -1.77. The zero-order valence-electron chi connectivity index (χ0n) is 8.38. The Bertz CT molecular complexity index is 534. The van der Waals surface area contributed by atoms with Crippen LogP contribution in [0, 0.1) is 0 Å². The molecule has 0 saturated heterocycles. The van der Waals surface area contributed by atoms with Gasteiger partial charge in [0.2, 0.25) is 0 Å².